The zero-order valence-corrected chi connectivity index (χ0v) is 10.4. The van der Waals surface area contributed by atoms with Crippen molar-refractivity contribution in [2.24, 2.45) is 10.5 Å². The molecule has 0 unspecified atom stereocenters. The summed E-state index contributed by atoms with van der Waals surface area (Å²) in [6, 6.07) is 1.68. The summed E-state index contributed by atoms with van der Waals surface area (Å²) in [4.78, 5) is 11.6. The van der Waals surface area contributed by atoms with Crippen LogP contribution in [0.25, 0.3) is 0 Å². The summed E-state index contributed by atoms with van der Waals surface area (Å²) in [6.07, 6.45) is 0. The topological polar surface area (TPSA) is 70.1 Å². The molecule has 0 spiro atoms. The maximum Gasteiger partial charge on any atom is 0.291 e. The second-order valence-corrected chi connectivity index (χ2v) is 4.82. The molecule has 0 aromatic carbocycles. The molecular formula is C11H18N4O. The number of aromatic nitrogens is 2. The van der Waals surface area contributed by atoms with Gasteiger partial charge in [-0.15, -0.1) is 0 Å². The Kier molecular flexibility index (Phi) is 3.47. The van der Waals surface area contributed by atoms with Gasteiger partial charge in [0.2, 0.25) is 0 Å². The van der Waals surface area contributed by atoms with Crippen molar-refractivity contribution in [1.82, 2.24) is 15.6 Å². The quantitative estimate of drug-likeness (QED) is 0.592. The number of hydrogen-bond donors (Lipinski definition) is 2. The smallest absolute Gasteiger partial charge is 0.282 e. The van der Waals surface area contributed by atoms with E-state index in [1.54, 1.807) is 6.07 Å². The minimum absolute atomic E-state index is 0.0469. The van der Waals surface area contributed by atoms with Crippen LogP contribution in [0.4, 0.5) is 0 Å². The van der Waals surface area contributed by atoms with Crippen molar-refractivity contribution in [3.63, 3.8) is 0 Å². The SMILES string of the molecule is CC(=NNC(=O)c1cc(C)[nH]n1)C(C)(C)C. The van der Waals surface area contributed by atoms with Gasteiger partial charge in [0.05, 0.1) is 0 Å². The summed E-state index contributed by atoms with van der Waals surface area (Å²) in [5.74, 6) is -0.298. The van der Waals surface area contributed by atoms with E-state index in [0.29, 0.717) is 5.69 Å². The Bertz CT molecular complexity index is 412. The van der Waals surface area contributed by atoms with Crippen molar-refractivity contribution in [3.8, 4) is 0 Å². The van der Waals surface area contributed by atoms with Gasteiger partial charge in [-0.3, -0.25) is 9.89 Å². The summed E-state index contributed by atoms with van der Waals surface area (Å²) in [5.41, 5.74) is 4.51. The van der Waals surface area contributed by atoms with E-state index >= 15 is 0 Å². The Morgan fingerprint density at radius 3 is 2.56 bits per heavy atom. The molecular weight excluding hydrogens is 204 g/mol. The van der Waals surface area contributed by atoms with Crippen LogP contribution >= 0.6 is 0 Å². The third kappa shape index (κ3) is 3.18. The largest absolute Gasteiger partial charge is 0.291 e. The zero-order chi connectivity index (χ0) is 12.3. The van der Waals surface area contributed by atoms with Crippen LogP contribution in [0.1, 0.15) is 43.9 Å². The van der Waals surface area contributed by atoms with Gasteiger partial charge in [-0.25, -0.2) is 5.43 Å². The Morgan fingerprint density at radius 1 is 1.50 bits per heavy atom. The van der Waals surface area contributed by atoms with Crippen LogP contribution < -0.4 is 5.43 Å². The maximum atomic E-state index is 11.6. The van der Waals surface area contributed by atoms with E-state index in [1.807, 2.05) is 34.6 Å². The number of aromatic amines is 1. The number of nitrogens with one attached hydrogen (secondary N) is 2. The molecule has 0 saturated carbocycles. The highest BCUT2D eigenvalue weighted by Crippen LogP contribution is 2.14. The molecule has 1 rings (SSSR count). The van der Waals surface area contributed by atoms with Gasteiger partial charge < -0.3 is 0 Å². The lowest BCUT2D eigenvalue weighted by molar-refractivity contribution is 0.0949. The van der Waals surface area contributed by atoms with Crippen LogP contribution in [-0.2, 0) is 0 Å². The van der Waals surface area contributed by atoms with Crippen molar-refractivity contribution in [3.05, 3.63) is 17.5 Å². The highest BCUT2D eigenvalue weighted by molar-refractivity contribution is 5.94. The fraction of sp³-hybridized carbons (Fsp3) is 0.545. The van der Waals surface area contributed by atoms with Crippen molar-refractivity contribution in [2.75, 3.05) is 0 Å². The third-order valence-corrected chi connectivity index (χ3v) is 2.35. The number of rotatable bonds is 2. The number of hydrazone groups is 1. The first kappa shape index (κ1) is 12.4. The molecule has 0 radical (unpaired) electrons. The van der Waals surface area contributed by atoms with Crippen LogP contribution in [0.3, 0.4) is 0 Å². The molecule has 5 heteroatoms. The highest BCUT2D eigenvalue weighted by Gasteiger charge is 2.15. The lowest BCUT2D eigenvalue weighted by Crippen LogP contribution is -2.24. The Balaban J connectivity index is 2.67. The number of H-pyrrole nitrogens is 1. The van der Waals surface area contributed by atoms with Gasteiger partial charge in [0.15, 0.2) is 5.69 Å². The average Bonchev–Trinajstić information content (AvgIpc) is 2.59. The molecule has 16 heavy (non-hydrogen) atoms. The van der Waals surface area contributed by atoms with E-state index in [0.717, 1.165) is 11.4 Å². The number of carbonyl (C=O) groups is 1. The second-order valence-electron chi connectivity index (χ2n) is 4.82. The summed E-state index contributed by atoms with van der Waals surface area (Å²) >= 11 is 0. The third-order valence-electron chi connectivity index (χ3n) is 2.35. The van der Waals surface area contributed by atoms with Gasteiger partial charge in [-0.05, 0) is 19.9 Å². The summed E-state index contributed by atoms with van der Waals surface area (Å²) in [6.45, 7) is 9.84. The van der Waals surface area contributed by atoms with E-state index in [2.05, 4.69) is 20.7 Å². The van der Waals surface area contributed by atoms with E-state index in [-0.39, 0.29) is 11.3 Å². The van der Waals surface area contributed by atoms with E-state index < -0.39 is 0 Å². The number of hydrogen-bond acceptors (Lipinski definition) is 3. The number of carbonyl (C=O) groups excluding carboxylic acids is 1. The fourth-order valence-electron chi connectivity index (χ4n) is 0.894. The molecule has 0 aliphatic carbocycles. The fourth-order valence-corrected chi connectivity index (χ4v) is 0.894. The molecule has 0 bridgehead atoms. The Hall–Kier alpha value is -1.65. The Labute approximate surface area is 95.3 Å². The van der Waals surface area contributed by atoms with E-state index in [9.17, 15) is 4.79 Å². The lowest BCUT2D eigenvalue weighted by atomic mass is 9.91. The number of aryl methyl sites for hydroxylation is 1. The first-order valence-corrected chi connectivity index (χ1v) is 5.18. The van der Waals surface area contributed by atoms with Gasteiger partial charge >= 0.3 is 0 Å². The zero-order valence-electron chi connectivity index (χ0n) is 10.4. The van der Waals surface area contributed by atoms with Gasteiger partial charge in [0.25, 0.3) is 5.91 Å². The first-order chi connectivity index (χ1) is 7.30. The molecule has 1 amide bonds. The van der Waals surface area contributed by atoms with Crippen LogP contribution in [0.2, 0.25) is 0 Å². The highest BCUT2D eigenvalue weighted by atomic mass is 16.2. The number of amides is 1. The van der Waals surface area contributed by atoms with Crippen molar-refractivity contribution >= 4 is 11.6 Å². The molecule has 1 aromatic heterocycles. The first-order valence-electron chi connectivity index (χ1n) is 5.18. The molecule has 1 heterocycles. The molecule has 0 aliphatic rings. The molecule has 1 aromatic rings. The average molecular weight is 222 g/mol. The van der Waals surface area contributed by atoms with Crippen LogP contribution in [-0.4, -0.2) is 21.8 Å². The lowest BCUT2D eigenvalue weighted by Gasteiger charge is -2.17. The standard InChI is InChI=1S/C11H18N4O/c1-7-6-9(14-12-7)10(16)15-13-8(2)11(3,4)5/h6H,1-5H3,(H,12,14)(H,15,16). The predicted molar refractivity (Wildman–Crippen MR) is 63.4 cm³/mol. The van der Waals surface area contributed by atoms with Gasteiger partial charge in [-0.1, -0.05) is 20.8 Å². The van der Waals surface area contributed by atoms with Gasteiger partial charge in [0, 0.05) is 16.8 Å². The normalized spacial score (nSPS) is 12.7. The molecule has 5 nitrogen and oxygen atoms in total. The maximum absolute atomic E-state index is 11.6. The molecule has 0 atom stereocenters. The summed E-state index contributed by atoms with van der Waals surface area (Å²) in [7, 11) is 0. The van der Waals surface area contributed by atoms with Crippen LogP contribution in [0.15, 0.2) is 11.2 Å². The van der Waals surface area contributed by atoms with E-state index in [4.69, 9.17) is 0 Å². The minimum atomic E-state index is -0.298. The molecule has 0 saturated heterocycles. The predicted octanol–water partition coefficient (Wildman–Crippen LogP) is 1.87. The number of nitrogens with zero attached hydrogens (tertiary/aromatic N) is 2. The van der Waals surface area contributed by atoms with Gasteiger partial charge in [-0.2, -0.15) is 10.2 Å². The van der Waals surface area contributed by atoms with Gasteiger partial charge in [0.1, 0.15) is 0 Å². The summed E-state index contributed by atoms with van der Waals surface area (Å²) in [5, 5.41) is 10.6. The molecule has 2 N–H and O–H groups in total. The monoisotopic (exact) mass is 222 g/mol. The molecule has 0 fully saturated rings. The summed E-state index contributed by atoms with van der Waals surface area (Å²) < 4.78 is 0. The molecule has 0 aliphatic heterocycles. The van der Waals surface area contributed by atoms with Crippen LogP contribution in [0.5, 0.6) is 0 Å². The van der Waals surface area contributed by atoms with Crippen molar-refractivity contribution < 1.29 is 4.79 Å². The van der Waals surface area contributed by atoms with E-state index in [1.165, 1.54) is 0 Å². The second kappa shape index (κ2) is 4.47. The molecule has 88 valence electrons. The Morgan fingerprint density at radius 2 is 2.12 bits per heavy atom. The van der Waals surface area contributed by atoms with Crippen LogP contribution in [0, 0.1) is 12.3 Å². The van der Waals surface area contributed by atoms with Crippen molar-refractivity contribution in [2.45, 2.75) is 34.6 Å². The minimum Gasteiger partial charge on any atom is -0.282 e. The van der Waals surface area contributed by atoms with Crippen molar-refractivity contribution in [1.29, 1.82) is 0 Å².